The summed E-state index contributed by atoms with van der Waals surface area (Å²) >= 11 is 3.34. The molecular formula is C17H24BrClN4O2. The van der Waals surface area contributed by atoms with Gasteiger partial charge in [-0.2, -0.15) is 0 Å². The first kappa shape index (κ1) is 20.0. The number of carbonyl (C=O) groups is 2. The molecular weight excluding hydrogens is 408 g/mol. The zero-order valence-electron chi connectivity index (χ0n) is 13.9. The van der Waals surface area contributed by atoms with Crippen molar-refractivity contribution in [2.75, 3.05) is 11.9 Å². The Labute approximate surface area is 162 Å². The van der Waals surface area contributed by atoms with Crippen LogP contribution in [0.4, 0.5) is 10.5 Å². The van der Waals surface area contributed by atoms with Crippen molar-refractivity contribution in [3.05, 3.63) is 28.7 Å². The highest BCUT2D eigenvalue weighted by atomic mass is 79.9. The molecule has 2 heterocycles. The molecule has 4 N–H and O–H groups in total. The maximum atomic E-state index is 12.0. The minimum atomic E-state index is -0.301. The highest BCUT2D eigenvalue weighted by molar-refractivity contribution is 9.10. The van der Waals surface area contributed by atoms with E-state index in [1.54, 1.807) is 0 Å². The fourth-order valence-electron chi connectivity index (χ4n) is 3.47. The maximum Gasteiger partial charge on any atom is 0.319 e. The summed E-state index contributed by atoms with van der Waals surface area (Å²) in [6.07, 6.45) is 4.76. The third kappa shape index (κ3) is 6.17. The number of benzene rings is 1. The molecule has 0 spiro atoms. The van der Waals surface area contributed by atoms with Crippen LogP contribution in [0.3, 0.4) is 0 Å². The summed E-state index contributed by atoms with van der Waals surface area (Å²) in [5.41, 5.74) is 0.713. The van der Waals surface area contributed by atoms with Gasteiger partial charge in [-0.15, -0.1) is 12.4 Å². The number of hydrogen-bond donors (Lipinski definition) is 4. The lowest BCUT2D eigenvalue weighted by Gasteiger charge is -2.29. The summed E-state index contributed by atoms with van der Waals surface area (Å²) in [7, 11) is 0. The van der Waals surface area contributed by atoms with Gasteiger partial charge in [-0.05, 0) is 49.9 Å². The number of fused-ring (bicyclic) bond motifs is 2. The van der Waals surface area contributed by atoms with Crippen LogP contribution in [0.1, 0.15) is 32.1 Å². The molecule has 2 aliphatic heterocycles. The molecule has 2 unspecified atom stereocenters. The van der Waals surface area contributed by atoms with Crippen molar-refractivity contribution in [2.24, 2.45) is 0 Å². The second-order valence-electron chi connectivity index (χ2n) is 6.51. The van der Waals surface area contributed by atoms with Gasteiger partial charge in [-0.25, -0.2) is 4.79 Å². The molecule has 2 fully saturated rings. The van der Waals surface area contributed by atoms with Crippen molar-refractivity contribution in [3.63, 3.8) is 0 Å². The summed E-state index contributed by atoms with van der Waals surface area (Å²) in [5, 5.41) is 12.1. The third-order valence-corrected chi connectivity index (χ3v) is 5.11. The van der Waals surface area contributed by atoms with Gasteiger partial charge in [0.05, 0.1) is 0 Å². The Bertz CT molecular complexity index is 587. The first-order chi connectivity index (χ1) is 11.6. The Balaban J connectivity index is 0.00000225. The van der Waals surface area contributed by atoms with E-state index in [4.69, 9.17) is 0 Å². The van der Waals surface area contributed by atoms with Gasteiger partial charge in [0.1, 0.15) is 0 Å². The zero-order chi connectivity index (χ0) is 16.9. The summed E-state index contributed by atoms with van der Waals surface area (Å²) < 4.78 is 0.955. The molecule has 6 nitrogen and oxygen atoms in total. The molecule has 2 aliphatic rings. The van der Waals surface area contributed by atoms with Gasteiger partial charge in [0.2, 0.25) is 5.91 Å². The normalized spacial score (nSPS) is 24.1. The molecule has 8 heteroatoms. The highest BCUT2D eigenvalue weighted by Crippen LogP contribution is 2.26. The van der Waals surface area contributed by atoms with E-state index in [2.05, 4.69) is 37.2 Å². The van der Waals surface area contributed by atoms with Gasteiger partial charge >= 0.3 is 6.03 Å². The number of rotatable bonds is 5. The lowest BCUT2D eigenvalue weighted by atomic mass is 10.00. The fraction of sp³-hybridized carbons (Fsp3) is 0.529. The second-order valence-corrected chi connectivity index (χ2v) is 7.43. The average molecular weight is 432 g/mol. The van der Waals surface area contributed by atoms with E-state index in [0.717, 1.165) is 17.3 Å². The molecule has 138 valence electrons. The van der Waals surface area contributed by atoms with Crippen molar-refractivity contribution in [1.82, 2.24) is 16.0 Å². The van der Waals surface area contributed by atoms with Crippen LogP contribution in [0.15, 0.2) is 28.7 Å². The standard InChI is InChI=1S/C17H23BrN4O2.ClH/c18-11-1-3-12(4-2-11)22-17(24)19-8-7-16(23)21-15-9-13-5-6-14(10-15)20-13;/h1-4,13-15,20H,5-10H2,(H,21,23)(H2,19,22,24);1H. The van der Waals surface area contributed by atoms with E-state index >= 15 is 0 Å². The van der Waals surface area contributed by atoms with E-state index in [1.807, 2.05) is 24.3 Å². The molecule has 0 radical (unpaired) electrons. The maximum absolute atomic E-state index is 12.0. The number of urea groups is 1. The number of anilines is 1. The average Bonchev–Trinajstić information content (AvgIpc) is 2.88. The van der Waals surface area contributed by atoms with Crippen LogP contribution in [0, 0.1) is 0 Å². The minimum absolute atomic E-state index is 0. The summed E-state index contributed by atoms with van der Waals surface area (Å²) in [6.45, 7) is 0.325. The SMILES string of the molecule is Cl.O=C(CCNC(=O)Nc1ccc(Br)cc1)NC1CC2CCC(C1)N2. The summed E-state index contributed by atoms with van der Waals surface area (Å²) in [4.78, 5) is 23.8. The number of nitrogens with one attached hydrogen (secondary N) is 4. The van der Waals surface area contributed by atoms with Gasteiger partial charge in [0.25, 0.3) is 0 Å². The number of amides is 3. The monoisotopic (exact) mass is 430 g/mol. The molecule has 25 heavy (non-hydrogen) atoms. The molecule has 0 aliphatic carbocycles. The summed E-state index contributed by atoms with van der Waals surface area (Å²) in [6, 6.07) is 8.42. The molecule has 0 saturated carbocycles. The minimum Gasteiger partial charge on any atom is -0.353 e. The van der Waals surface area contributed by atoms with Crippen molar-refractivity contribution in [2.45, 2.75) is 50.2 Å². The lowest BCUT2D eigenvalue weighted by molar-refractivity contribution is -0.121. The van der Waals surface area contributed by atoms with Gasteiger partial charge in [-0.1, -0.05) is 15.9 Å². The predicted molar refractivity (Wildman–Crippen MR) is 104 cm³/mol. The summed E-state index contributed by atoms with van der Waals surface area (Å²) in [5.74, 6) is 0.00485. The highest BCUT2D eigenvalue weighted by Gasteiger charge is 2.33. The van der Waals surface area contributed by atoms with Crippen LogP contribution >= 0.6 is 28.3 Å². The second kappa shape index (κ2) is 9.40. The molecule has 1 aromatic carbocycles. The van der Waals surface area contributed by atoms with E-state index in [-0.39, 0.29) is 30.4 Å². The van der Waals surface area contributed by atoms with Gasteiger partial charge in [0, 0.05) is 41.3 Å². The van der Waals surface area contributed by atoms with Crippen LogP contribution in [0.2, 0.25) is 0 Å². The van der Waals surface area contributed by atoms with Gasteiger partial charge in [0.15, 0.2) is 0 Å². The number of piperidine rings is 1. The first-order valence-corrected chi connectivity index (χ1v) is 9.23. The Kier molecular flexibility index (Phi) is 7.53. The van der Waals surface area contributed by atoms with Crippen molar-refractivity contribution in [1.29, 1.82) is 0 Å². The van der Waals surface area contributed by atoms with Gasteiger partial charge in [-0.3, -0.25) is 4.79 Å². The molecule has 0 aromatic heterocycles. The van der Waals surface area contributed by atoms with Crippen LogP contribution in [-0.2, 0) is 4.79 Å². The Hall–Kier alpha value is -1.31. The molecule has 3 rings (SSSR count). The fourth-order valence-corrected chi connectivity index (χ4v) is 3.74. The largest absolute Gasteiger partial charge is 0.353 e. The third-order valence-electron chi connectivity index (χ3n) is 4.58. The van der Waals surface area contributed by atoms with Crippen LogP contribution < -0.4 is 21.3 Å². The number of hydrogen-bond acceptors (Lipinski definition) is 3. The number of carbonyl (C=O) groups excluding carboxylic acids is 2. The van der Waals surface area contributed by atoms with E-state index < -0.39 is 0 Å². The first-order valence-electron chi connectivity index (χ1n) is 8.44. The van der Waals surface area contributed by atoms with Crippen molar-refractivity contribution >= 4 is 46.0 Å². The van der Waals surface area contributed by atoms with Crippen LogP contribution in [-0.4, -0.2) is 36.6 Å². The van der Waals surface area contributed by atoms with Crippen LogP contribution in [0.25, 0.3) is 0 Å². The number of halogens is 2. The molecule has 1 aromatic rings. The van der Waals surface area contributed by atoms with Crippen molar-refractivity contribution < 1.29 is 9.59 Å². The molecule has 2 atom stereocenters. The Morgan fingerprint density at radius 1 is 1.12 bits per heavy atom. The topological polar surface area (TPSA) is 82.3 Å². The molecule has 2 saturated heterocycles. The van der Waals surface area contributed by atoms with E-state index in [1.165, 1.54) is 12.8 Å². The smallest absolute Gasteiger partial charge is 0.319 e. The van der Waals surface area contributed by atoms with E-state index in [0.29, 0.717) is 30.7 Å². The molecule has 2 bridgehead atoms. The van der Waals surface area contributed by atoms with Gasteiger partial charge < -0.3 is 21.3 Å². The quantitative estimate of drug-likeness (QED) is 0.578. The van der Waals surface area contributed by atoms with Crippen LogP contribution in [0.5, 0.6) is 0 Å². The van der Waals surface area contributed by atoms with E-state index in [9.17, 15) is 9.59 Å². The lowest BCUT2D eigenvalue weighted by Crippen LogP contribution is -2.48. The van der Waals surface area contributed by atoms with Crippen molar-refractivity contribution in [3.8, 4) is 0 Å². The Morgan fingerprint density at radius 3 is 2.40 bits per heavy atom. The Morgan fingerprint density at radius 2 is 1.76 bits per heavy atom. The predicted octanol–water partition coefficient (Wildman–Crippen LogP) is 2.78. The molecule has 3 amide bonds. The zero-order valence-corrected chi connectivity index (χ0v) is 16.3.